The number of benzene rings is 1. The molecule has 0 radical (unpaired) electrons. The van der Waals surface area contributed by atoms with Gasteiger partial charge in [0.2, 0.25) is 0 Å². The van der Waals surface area contributed by atoms with E-state index in [-0.39, 0.29) is 0 Å². The van der Waals surface area contributed by atoms with Crippen molar-refractivity contribution >= 4 is 16.9 Å². The van der Waals surface area contributed by atoms with E-state index in [1.54, 1.807) is 11.3 Å². The summed E-state index contributed by atoms with van der Waals surface area (Å²) >= 11 is 1.77. The van der Waals surface area contributed by atoms with Crippen molar-refractivity contribution in [2.45, 2.75) is 18.9 Å². The van der Waals surface area contributed by atoms with Gasteiger partial charge in [0.25, 0.3) is 0 Å². The van der Waals surface area contributed by atoms with Gasteiger partial charge in [-0.1, -0.05) is 36.4 Å². The first kappa shape index (κ1) is 15.3. The zero-order valence-corrected chi connectivity index (χ0v) is 14.3. The third-order valence-electron chi connectivity index (χ3n) is 4.50. The van der Waals surface area contributed by atoms with Gasteiger partial charge in [0.15, 0.2) is 0 Å². The second-order valence-electron chi connectivity index (χ2n) is 6.20. The summed E-state index contributed by atoms with van der Waals surface area (Å²) in [4.78, 5) is 4.45. The van der Waals surface area contributed by atoms with Crippen LogP contribution in [0.4, 0.5) is 0 Å². The van der Waals surface area contributed by atoms with Crippen molar-refractivity contribution in [3.8, 4) is 11.1 Å². The van der Waals surface area contributed by atoms with E-state index in [2.05, 4.69) is 63.5 Å². The van der Waals surface area contributed by atoms with Crippen molar-refractivity contribution in [2.24, 2.45) is 0 Å². The molecule has 0 bridgehead atoms. The molecule has 1 aliphatic heterocycles. The summed E-state index contributed by atoms with van der Waals surface area (Å²) in [6.07, 6.45) is 8.35. The van der Waals surface area contributed by atoms with Crippen molar-refractivity contribution < 1.29 is 0 Å². The van der Waals surface area contributed by atoms with E-state index >= 15 is 0 Å². The van der Waals surface area contributed by atoms with Gasteiger partial charge in [-0.3, -0.25) is 4.98 Å². The van der Waals surface area contributed by atoms with Gasteiger partial charge in [-0.25, -0.2) is 0 Å². The molecule has 3 aromatic rings. The number of rotatable bonds is 4. The van der Waals surface area contributed by atoms with Crippen LogP contribution < -0.4 is 5.32 Å². The number of pyridine rings is 1. The molecule has 1 atom stereocenters. The molecule has 1 unspecified atom stereocenters. The minimum absolute atomic E-state index is 0.470. The van der Waals surface area contributed by atoms with Gasteiger partial charge in [-0.05, 0) is 58.0 Å². The maximum absolute atomic E-state index is 4.45. The van der Waals surface area contributed by atoms with Gasteiger partial charge < -0.3 is 5.32 Å². The Morgan fingerprint density at radius 2 is 1.96 bits per heavy atom. The molecule has 3 heterocycles. The fourth-order valence-electron chi connectivity index (χ4n) is 3.27. The average Bonchev–Trinajstić information content (AvgIpc) is 3.18. The van der Waals surface area contributed by atoms with Gasteiger partial charge in [0, 0.05) is 30.5 Å². The molecule has 2 nitrogen and oxygen atoms in total. The molecular weight excluding hydrogens is 312 g/mol. The Balaban J connectivity index is 1.49. The topological polar surface area (TPSA) is 24.9 Å². The summed E-state index contributed by atoms with van der Waals surface area (Å²) in [7, 11) is 0. The van der Waals surface area contributed by atoms with Crippen molar-refractivity contribution in [1.82, 2.24) is 10.3 Å². The Morgan fingerprint density at radius 3 is 2.79 bits per heavy atom. The number of hydrogen-bond donors (Lipinski definition) is 1. The number of hydrogen-bond acceptors (Lipinski definition) is 3. The van der Waals surface area contributed by atoms with E-state index in [1.807, 2.05) is 18.5 Å². The summed E-state index contributed by atoms with van der Waals surface area (Å²) < 4.78 is 0. The molecule has 2 aromatic heterocycles. The van der Waals surface area contributed by atoms with Crippen LogP contribution in [-0.2, 0) is 6.42 Å². The van der Waals surface area contributed by atoms with Crippen LogP contribution in [-0.4, -0.2) is 17.6 Å². The minimum Gasteiger partial charge on any atom is -0.310 e. The summed E-state index contributed by atoms with van der Waals surface area (Å²) in [5.74, 6) is 0. The van der Waals surface area contributed by atoms with E-state index in [1.165, 1.54) is 27.8 Å². The molecule has 1 N–H and O–H groups in total. The molecule has 3 heteroatoms. The van der Waals surface area contributed by atoms with Crippen LogP contribution in [0.15, 0.2) is 71.7 Å². The van der Waals surface area contributed by atoms with Gasteiger partial charge in [0.05, 0.1) is 0 Å². The standard InChI is InChI=1S/C21H20N2S/c1-2-4-17(5-3-1)20-10-16(13-22-14-20)11-21-12-18(6-8-23-21)19-7-9-24-15-19/h1-7,9-10,13-15,21,23H,8,11-12H2. The quantitative estimate of drug-likeness (QED) is 0.742. The Bertz CT molecular complexity index is 822. The summed E-state index contributed by atoms with van der Waals surface area (Å²) in [5.41, 5.74) is 6.55. The third kappa shape index (κ3) is 3.48. The summed E-state index contributed by atoms with van der Waals surface area (Å²) in [6.45, 7) is 0.946. The molecule has 1 aromatic carbocycles. The number of nitrogens with zero attached hydrogens (tertiary/aromatic N) is 1. The minimum atomic E-state index is 0.470. The highest BCUT2D eigenvalue weighted by atomic mass is 32.1. The van der Waals surface area contributed by atoms with E-state index in [0.29, 0.717) is 6.04 Å². The first-order valence-corrected chi connectivity index (χ1v) is 9.27. The Hall–Kier alpha value is -2.23. The molecule has 24 heavy (non-hydrogen) atoms. The van der Waals surface area contributed by atoms with Crippen molar-refractivity contribution in [1.29, 1.82) is 0 Å². The zero-order chi connectivity index (χ0) is 16.2. The molecule has 0 spiro atoms. The molecule has 0 aliphatic carbocycles. The predicted octanol–water partition coefficient (Wildman–Crippen LogP) is 4.80. The van der Waals surface area contributed by atoms with Gasteiger partial charge >= 0.3 is 0 Å². The van der Waals surface area contributed by atoms with Crippen LogP contribution in [0.25, 0.3) is 16.7 Å². The highest BCUT2D eigenvalue weighted by Gasteiger charge is 2.17. The third-order valence-corrected chi connectivity index (χ3v) is 5.18. The van der Waals surface area contributed by atoms with Crippen LogP contribution in [0.1, 0.15) is 17.5 Å². The van der Waals surface area contributed by atoms with E-state index in [4.69, 9.17) is 0 Å². The molecular formula is C21H20N2S. The lowest BCUT2D eigenvalue weighted by Crippen LogP contribution is -2.34. The summed E-state index contributed by atoms with van der Waals surface area (Å²) in [6, 6.07) is 15.4. The monoisotopic (exact) mass is 332 g/mol. The molecule has 120 valence electrons. The van der Waals surface area contributed by atoms with Gasteiger partial charge in [-0.2, -0.15) is 11.3 Å². The average molecular weight is 332 g/mol. The van der Waals surface area contributed by atoms with E-state index < -0.39 is 0 Å². The Morgan fingerprint density at radius 1 is 1.04 bits per heavy atom. The Labute approximate surface area is 146 Å². The van der Waals surface area contributed by atoms with Gasteiger partial charge in [0.1, 0.15) is 0 Å². The van der Waals surface area contributed by atoms with E-state index in [9.17, 15) is 0 Å². The lowest BCUT2D eigenvalue weighted by molar-refractivity contribution is 0.533. The summed E-state index contributed by atoms with van der Waals surface area (Å²) in [5, 5.41) is 8.01. The maximum Gasteiger partial charge on any atom is 0.0346 e. The number of aromatic nitrogens is 1. The van der Waals surface area contributed by atoms with Crippen molar-refractivity contribution in [2.75, 3.05) is 6.54 Å². The number of nitrogens with one attached hydrogen (secondary N) is 1. The zero-order valence-electron chi connectivity index (χ0n) is 13.5. The lowest BCUT2D eigenvalue weighted by atomic mass is 9.93. The highest BCUT2D eigenvalue weighted by Crippen LogP contribution is 2.26. The fraction of sp³-hybridized carbons (Fsp3) is 0.190. The van der Waals surface area contributed by atoms with E-state index in [0.717, 1.165) is 19.4 Å². The first-order chi connectivity index (χ1) is 11.9. The van der Waals surface area contributed by atoms with Crippen LogP contribution in [0.2, 0.25) is 0 Å². The maximum atomic E-state index is 4.45. The largest absolute Gasteiger partial charge is 0.310 e. The smallest absolute Gasteiger partial charge is 0.0346 e. The van der Waals surface area contributed by atoms with Gasteiger partial charge in [-0.15, -0.1) is 0 Å². The number of thiophene rings is 1. The molecule has 4 rings (SSSR count). The predicted molar refractivity (Wildman–Crippen MR) is 102 cm³/mol. The fourth-order valence-corrected chi connectivity index (χ4v) is 3.95. The van der Waals surface area contributed by atoms with Crippen molar-refractivity contribution in [3.63, 3.8) is 0 Å². The molecule has 0 saturated heterocycles. The molecule has 1 aliphatic rings. The highest BCUT2D eigenvalue weighted by molar-refractivity contribution is 7.08. The molecule has 0 amide bonds. The molecule has 0 fully saturated rings. The normalized spacial score (nSPS) is 17.5. The molecule has 0 saturated carbocycles. The Kier molecular flexibility index (Phi) is 4.54. The SMILES string of the molecule is C1=C(c2ccsc2)CC(Cc2cncc(-c3ccccc3)c2)NC1. The van der Waals surface area contributed by atoms with Crippen LogP contribution in [0.5, 0.6) is 0 Å². The lowest BCUT2D eigenvalue weighted by Gasteiger charge is -2.24. The van der Waals surface area contributed by atoms with Crippen LogP contribution in [0.3, 0.4) is 0 Å². The second kappa shape index (κ2) is 7.12. The first-order valence-electron chi connectivity index (χ1n) is 8.33. The van der Waals surface area contributed by atoms with Crippen molar-refractivity contribution in [3.05, 3.63) is 82.8 Å². The second-order valence-corrected chi connectivity index (χ2v) is 6.98. The van der Waals surface area contributed by atoms with Crippen LogP contribution in [0, 0.1) is 0 Å². The van der Waals surface area contributed by atoms with Crippen LogP contribution >= 0.6 is 11.3 Å².